The fourth-order valence-corrected chi connectivity index (χ4v) is 2.76. The van der Waals surface area contributed by atoms with Gasteiger partial charge in [0.1, 0.15) is 4.47 Å². The van der Waals surface area contributed by atoms with Gasteiger partial charge in [-0.3, -0.25) is 9.89 Å². The number of rotatable bonds is 3. The van der Waals surface area contributed by atoms with E-state index in [2.05, 4.69) is 34.9 Å². The largest absolute Gasteiger partial charge is 0.294 e. The van der Waals surface area contributed by atoms with Crippen molar-refractivity contribution < 1.29 is 0 Å². The Morgan fingerprint density at radius 1 is 1.37 bits per heavy atom. The summed E-state index contributed by atoms with van der Waals surface area (Å²) in [6, 6.07) is 5.03. The fraction of sp³-hybridized carbons (Fsp3) is 0.308. The summed E-state index contributed by atoms with van der Waals surface area (Å²) in [5.74, 6) is 0.448. The van der Waals surface area contributed by atoms with Crippen LogP contribution in [-0.2, 0) is 6.42 Å². The number of nitrogens with zero attached hydrogens (tertiary/aromatic N) is 1. The second-order valence-corrected chi connectivity index (χ2v) is 6.38. The summed E-state index contributed by atoms with van der Waals surface area (Å²) in [4.78, 5) is 12.2. The maximum atomic E-state index is 12.2. The Balaban J connectivity index is 2.54. The number of H-pyrrole nitrogens is 1. The molecule has 102 valence electrons. The van der Waals surface area contributed by atoms with Crippen LogP contribution in [0.3, 0.4) is 0 Å². The Labute approximate surface area is 129 Å². The zero-order chi connectivity index (χ0) is 14.2. The minimum absolute atomic E-state index is 0.153. The molecular weight excluding hydrogens is 351 g/mol. The molecule has 0 atom stereocenters. The maximum Gasteiger partial charge on any atom is 0.285 e. The molecule has 1 N–H and O–H groups in total. The van der Waals surface area contributed by atoms with E-state index < -0.39 is 0 Å². The van der Waals surface area contributed by atoms with Crippen molar-refractivity contribution in [2.24, 2.45) is 5.92 Å². The van der Waals surface area contributed by atoms with Crippen LogP contribution in [0.2, 0.25) is 10.0 Å². The van der Waals surface area contributed by atoms with Crippen molar-refractivity contribution >= 4 is 39.1 Å². The average molecular weight is 364 g/mol. The number of hydrogen-bond acceptors (Lipinski definition) is 1. The number of aromatic nitrogens is 2. The Kier molecular flexibility index (Phi) is 4.43. The van der Waals surface area contributed by atoms with E-state index in [1.807, 2.05) is 0 Å². The predicted octanol–water partition coefficient (Wildman–Crippen LogP) is 4.43. The van der Waals surface area contributed by atoms with E-state index in [4.69, 9.17) is 23.2 Å². The number of hydrogen-bond donors (Lipinski definition) is 1. The first-order valence-corrected chi connectivity index (χ1v) is 7.40. The molecule has 3 nitrogen and oxygen atoms in total. The van der Waals surface area contributed by atoms with Gasteiger partial charge in [0.05, 0.1) is 16.4 Å². The molecule has 0 aliphatic heterocycles. The van der Waals surface area contributed by atoms with Gasteiger partial charge in [0.25, 0.3) is 5.56 Å². The van der Waals surface area contributed by atoms with Crippen LogP contribution in [0.25, 0.3) is 5.69 Å². The minimum Gasteiger partial charge on any atom is -0.294 e. The van der Waals surface area contributed by atoms with Gasteiger partial charge in [0, 0.05) is 5.02 Å². The minimum atomic E-state index is -0.153. The van der Waals surface area contributed by atoms with Gasteiger partial charge < -0.3 is 0 Å². The van der Waals surface area contributed by atoms with E-state index in [-0.39, 0.29) is 5.56 Å². The quantitative estimate of drug-likeness (QED) is 0.860. The van der Waals surface area contributed by atoms with Crippen LogP contribution in [0.15, 0.2) is 27.5 Å². The average Bonchev–Trinajstić information content (AvgIpc) is 2.57. The lowest BCUT2D eigenvalue weighted by Crippen LogP contribution is -2.15. The summed E-state index contributed by atoms with van der Waals surface area (Å²) in [7, 11) is 0. The highest BCUT2D eigenvalue weighted by Crippen LogP contribution is 2.24. The smallest absolute Gasteiger partial charge is 0.285 e. The van der Waals surface area contributed by atoms with Crippen LogP contribution in [-0.4, -0.2) is 9.78 Å². The van der Waals surface area contributed by atoms with Gasteiger partial charge in [-0.1, -0.05) is 37.0 Å². The second kappa shape index (κ2) is 5.73. The highest BCUT2D eigenvalue weighted by molar-refractivity contribution is 9.10. The number of nitrogens with one attached hydrogen (secondary N) is 1. The van der Waals surface area contributed by atoms with Crippen LogP contribution in [0.4, 0.5) is 0 Å². The van der Waals surface area contributed by atoms with Crippen LogP contribution >= 0.6 is 39.1 Å². The number of benzene rings is 1. The summed E-state index contributed by atoms with van der Waals surface area (Å²) in [5, 5.41) is 4.05. The third kappa shape index (κ3) is 3.07. The third-order valence-electron chi connectivity index (χ3n) is 2.67. The number of aromatic amines is 1. The van der Waals surface area contributed by atoms with Gasteiger partial charge >= 0.3 is 0 Å². The van der Waals surface area contributed by atoms with Crippen molar-refractivity contribution in [2.45, 2.75) is 20.3 Å². The zero-order valence-corrected chi connectivity index (χ0v) is 13.6. The van der Waals surface area contributed by atoms with E-state index in [1.165, 1.54) is 4.68 Å². The first-order valence-electron chi connectivity index (χ1n) is 5.85. The van der Waals surface area contributed by atoms with E-state index in [0.29, 0.717) is 26.1 Å². The highest BCUT2D eigenvalue weighted by atomic mass is 79.9. The summed E-state index contributed by atoms with van der Waals surface area (Å²) in [6.07, 6.45) is 0.786. The number of halogens is 3. The SMILES string of the molecule is CC(C)Cc1[nH]n(-c2ccc(Cl)cc2Cl)c(=O)c1Br. The van der Waals surface area contributed by atoms with E-state index in [1.54, 1.807) is 18.2 Å². The molecule has 0 saturated carbocycles. The Morgan fingerprint density at radius 2 is 2.05 bits per heavy atom. The Bertz CT molecular complexity index is 661. The molecule has 0 amide bonds. The molecule has 0 spiro atoms. The molecule has 1 aromatic carbocycles. The molecule has 2 rings (SSSR count). The Hall–Kier alpha value is -0.710. The van der Waals surface area contributed by atoms with Crippen LogP contribution in [0.5, 0.6) is 0 Å². The predicted molar refractivity (Wildman–Crippen MR) is 82.7 cm³/mol. The lowest BCUT2D eigenvalue weighted by atomic mass is 10.1. The first kappa shape index (κ1) is 14.7. The topological polar surface area (TPSA) is 37.8 Å². The van der Waals surface area contributed by atoms with Gasteiger partial charge in [-0.05, 0) is 46.5 Å². The lowest BCUT2D eigenvalue weighted by Gasteiger charge is -2.05. The molecule has 0 aliphatic rings. The van der Waals surface area contributed by atoms with Gasteiger partial charge in [-0.25, -0.2) is 4.68 Å². The van der Waals surface area contributed by atoms with E-state index in [9.17, 15) is 4.79 Å². The van der Waals surface area contributed by atoms with Crippen molar-refractivity contribution in [2.75, 3.05) is 0 Å². The maximum absolute atomic E-state index is 12.2. The van der Waals surface area contributed by atoms with Crippen molar-refractivity contribution in [1.29, 1.82) is 0 Å². The molecule has 1 aromatic heterocycles. The first-order chi connectivity index (χ1) is 8.90. The van der Waals surface area contributed by atoms with Gasteiger partial charge in [-0.15, -0.1) is 0 Å². The summed E-state index contributed by atoms with van der Waals surface area (Å²) in [5.41, 5.74) is 1.30. The molecule has 1 heterocycles. The molecule has 0 bridgehead atoms. The van der Waals surface area contributed by atoms with Crippen molar-refractivity contribution in [3.63, 3.8) is 0 Å². The third-order valence-corrected chi connectivity index (χ3v) is 4.02. The molecular formula is C13H13BrCl2N2O. The fourth-order valence-electron chi connectivity index (χ4n) is 1.84. The second-order valence-electron chi connectivity index (χ2n) is 4.74. The van der Waals surface area contributed by atoms with E-state index >= 15 is 0 Å². The van der Waals surface area contributed by atoms with Crippen molar-refractivity contribution in [3.05, 3.63) is 48.8 Å². The molecule has 0 aliphatic carbocycles. The molecule has 0 unspecified atom stereocenters. The standard InChI is InChI=1S/C13H13BrCl2N2O/c1-7(2)5-10-12(14)13(19)18(17-10)11-4-3-8(15)6-9(11)16/h3-4,6-7,17H,5H2,1-2H3. The van der Waals surface area contributed by atoms with Crippen LogP contribution in [0, 0.1) is 5.92 Å². The molecule has 0 saturated heterocycles. The van der Waals surface area contributed by atoms with Crippen LogP contribution in [0.1, 0.15) is 19.5 Å². The van der Waals surface area contributed by atoms with Gasteiger partial charge in [0.15, 0.2) is 0 Å². The van der Waals surface area contributed by atoms with Crippen molar-refractivity contribution in [3.8, 4) is 5.69 Å². The van der Waals surface area contributed by atoms with Gasteiger partial charge in [-0.2, -0.15) is 0 Å². The summed E-state index contributed by atoms with van der Waals surface area (Å²) >= 11 is 15.3. The van der Waals surface area contributed by atoms with Gasteiger partial charge in [0.2, 0.25) is 0 Å². The van der Waals surface area contributed by atoms with E-state index in [0.717, 1.165) is 12.1 Å². The lowest BCUT2D eigenvalue weighted by molar-refractivity contribution is 0.626. The Morgan fingerprint density at radius 3 is 2.63 bits per heavy atom. The summed E-state index contributed by atoms with van der Waals surface area (Å²) < 4.78 is 1.98. The molecule has 2 aromatic rings. The summed E-state index contributed by atoms with van der Waals surface area (Å²) in [6.45, 7) is 4.19. The molecule has 19 heavy (non-hydrogen) atoms. The van der Waals surface area contributed by atoms with Crippen molar-refractivity contribution in [1.82, 2.24) is 9.78 Å². The molecule has 0 radical (unpaired) electrons. The monoisotopic (exact) mass is 362 g/mol. The highest BCUT2D eigenvalue weighted by Gasteiger charge is 2.15. The normalized spacial score (nSPS) is 11.3. The van der Waals surface area contributed by atoms with Crippen LogP contribution < -0.4 is 5.56 Å². The zero-order valence-electron chi connectivity index (χ0n) is 10.5. The molecule has 0 fully saturated rings. The molecule has 6 heteroatoms.